The van der Waals surface area contributed by atoms with E-state index in [4.69, 9.17) is 9.15 Å². The van der Waals surface area contributed by atoms with Crippen LogP contribution in [0.4, 0.5) is 0 Å². The SMILES string of the molecule is CCOC(=O)CC(C)NC(C)Cc1ccco1. The minimum atomic E-state index is -0.155. The number of hydrogen-bond donors (Lipinski definition) is 1. The number of carbonyl (C=O) groups excluding carboxylic acids is 1. The zero-order valence-electron chi connectivity index (χ0n) is 10.7. The van der Waals surface area contributed by atoms with Crippen molar-refractivity contribution in [2.24, 2.45) is 0 Å². The molecule has 0 amide bonds. The van der Waals surface area contributed by atoms with Gasteiger partial charge in [-0.2, -0.15) is 0 Å². The Morgan fingerprint density at radius 1 is 1.47 bits per heavy atom. The second-order valence-corrected chi connectivity index (χ2v) is 4.26. The summed E-state index contributed by atoms with van der Waals surface area (Å²) in [4.78, 5) is 11.3. The van der Waals surface area contributed by atoms with Gasteiger partial charge in [0, 0.05) is 18.5 Å². The van der Waals surface area contributed by atoms with Crippen LogP contribution in [0.2, 0.25) is 0 Å². The van der Waals surface area contributed by atoms with Crippen molar-refractivity contribution < 1.29 is 13.9 Å². The lowest BCUT2D eigenvalue weighted by Crippen LogP contribution is -2.37. The molecule has 1 heterocycles. The normalized spacial score (nSPS) is 14.3. The van der Waals surface area contributed by atoms with E-state index in [-0.39, 0.29) is 18.1 Å². The van der Waals surface area contributed by atoms with E-state index < -0.39 is 0 Å². The van der Waals surface area contributed by atoms with Crippen molar-refractivity contribution in [1.82, 2.24) is 5.32 Å². The van der Waals surface area contributed by atoms with Gasteiger partial charge in [0.25, 0.3) is 0 Å². The molecule has 2 unspecified atom stereocenters. The summed E-state index contributed by atoms with van der Waals surface area (Å²) in [6.45, 7) is 6.31. The van der Waals surface area contributed by atoms with Gasteiger partial charge in [0.1, 0.15) is 5.76 Å². The van der Waals surface area contributed by atoms with Crippen LogP contribution in [0.5, 0.6) is 0 Å². The first kappa shape index (κ1) is 13.8. The number of nitrogens with one attached hydrogen (secondary N) is 1. The lowest BCUT2D eigenvalue weighted by Gasteiger charge is -2.18. The lowest BCUT2D eigenvalue weighted by molar-refractivity contribution is -0.143. The fourth-order valence-corrected chi connectivity index (χ4v) is 1.80. The monoisotopic (exact) mass is 239 g/mol. The molecule has 0 spiro atoms. The van der Waals surface area contributed by atoms with Crippen LogP contribution in [0.25, 0.3) is 0 Å². The highest BCUT2D eigenvalue weighted by atomic mass is 16.5. The summed E-state index contributed by atoms with van der Waals surface area (Å²) in [5, 5.41) is 3.35. The van der Waals surface area contributed by atoms with Gasteiger partial charge in [-0.25, -0.2) is 0 Å². The van der Waals surface area contributed by atoms with Gasteiger partial charge in [0.15, 0.2) is 0 Å². The molecule has 0 saturated carbocycles. The van der Waals surface area contributed by atoms with E-state index in [9.17, 15) is 4.79 Å². The Bertz CT molecular complexity index is 321. The van der Waals surface area contributed by atoms with E-state index in [1.807, 2.05) is 26.0 Å². The van der Waals surface area contributed by atoms with Gasteiger partial charge in [-0.15, -0.1) is 0 Å². The van der Waals surface area contributed by atoms with Crippen LogP contribution in [0.15, 0.2) is 22.8 Å². The molecule has 4 nitrogen and oxygen atoms in total. The average molecular weight is 239 g/mol. The van der Waals surface area contributed by atoms with Crippen LogP contribution >= 0.6 is 0 Å². The van der Waals surface area contributed by atoms with E-state index in [1.54, 1.807) is 6.26 Å². The lowest BCUT2D eigenvalue weighted by atomic mass is 10.1. The fourth-order valence-electron chi connectivity index (χ4n) is 1.80. The quantitative estimate of drug-likeness (QED) is 0.741. The molecule has 1 N–H and O–H groups in total. The Morgan fingerprint density at radius 3 is 2.82 bits per heavy atom. The Morgan fingerprint density at radius 2 is 2.24 bits per heavy atom. The van der Waals surface area contributed by atoms with Crippen LogP contribution in [0.3, 0.4) is 0 Å². The van der Waals surface area contributed by atoms with Crippen LogP contribution < -0.4 is 5.32 Å². The van der Waals surface area contributed by atoms with Crippen LogP contribution in [0.1, 0.15) is 33.0 Å². The van der Waals surface area contributed by atoms with Crippen molar-refractivity contribution in [3.63, 3.8) is 0 Å². The molecule has 1 aromatic rings. The van der Waals surface area contributed by atoms with Crippen molar-refractivity contribution in [3.05, 3.63) is 24.2 Å². The van der Waals surface area contributed by atoms with E-state index in [2.05, 4.69) is 12.2 Å². The molecule has 1 rings (SSSR count). The van der Waals surface area contributed by atoms with Gasteiger partial charge >= 0.3 is 5.97 Å². The molecule has 17 heavy (non-hydrogen) atoms. The van der Waals surface area contributed by atoms with Gasteiger partial charge in [0.2, 0.25) is 0 Å². The molecule has 0 aromatic carbocycles. The molecule has 2 atom stereocenters. The average Bonchev–Trinajstić information content (AvgIpc) is 2.69. The third-order valence-electron chi connectivity index (χ3n) is 2.43. The Kier molecular flexibility index (Phi) is 5.77. The minimum absolute atomic E-state index is 0.110. The predicted molar refractivity (Wildman–Crippen MR) is 65.7 cm³/mol. The standard InChI is InChI=1S/C13H21NO3/c1-4-16-13(15)9-11(3)14-10(2)8-12-6-5-7-17-12/h5-7,10-11,14H,4,8-9H2,1-3H3. The highest BCUT2D eigenvalue weighted by Crippen LogP contribution is 2.05. The molecule has 96 valence electrons. The van der Waals surface area contributed by atoms with Crippen LogP contribution in [-0.4, -0.2) is 24.7 Å². The second-order valence-electron chi connectivity index (χ2n) is 4.26. The smallest absolute Gasteiger partial charge is 0.307 e. The molecule has 1 aromatic heterocycles. The number of esters is 1. The Balaban J connectivity index is 2.25. The minimum Gasteiger partial charge on any atom is -0.469 e. The van der Waals surface area contributed by atoms with Crippen molar-refractivity contribution in [2.75, 3.05) is 6.61 Å². The first-order valence-corrected chi connectivity index (χ1v) is 6.05. The topological polar surface area (TPSA) is 51.5 Å². The number of ether oxygens (including phenoxy) is 1. The fraction of sp³-hybridized carbons (Fsp3) is 0.615. The molecule has 0 bridgehead atoms. The second kappa shape index (κ2) is 7.12. The molecule has 0 aliphatic carbocycles. The van der Waals surface area contributed by atoms with Crippen molar-refractivity contribution in [1.29, 1.82) is 0 Å². The third-order valence-corrected chi connectivity index (χ3v) is 2.43. The third kappa shape index (κ3) is 5.54. The molecule has 0 aliphatic rings. The molecule has 0 saturated heterocycles. The Hall–Kier alpha value is -1.29. The molecular formula is C13H21NO3. The van der Waals surface area contributed by atoms with Gasteiger partial charge in [-0.1, -0.05) is 0 Å². The number of hydrogen-bond acceptors (Lipinski definition) is 4. The van der Waals surface area contributed by atoms with E-state index in [0.717, 1.165) is 12.2 Å². The summed E-state index contributed by atoms with van der Waals surface area (Å²) in [6.07, 6.45) is 2.89. The number of carbonyl (C=O) groups is 1. The first-order valence-electron chi connectivity index (χ1n) is 6.05. The van der Waals surface area contributed by atoms with Gasteiger partial charge in [-0.3, -0.25) is 4.79 Å². The molecule has 0 fully saturated rings. The van der Waals surface area contributed by atoms with Crippen molar-refractivity contribution >= 4 is 5.97 Å². The maximum absolute atomic E-state index is 11.3. The highest BCUT2D eigenvalue weighted by Gasteiger charge is 2.13. The molecule has 0 radical (unpaired) electrons. The molecule has 0 aliphatic heterocycles. The van der Waals surface area contributed by atoms with Crippen molar-refractivity contribution in [3.8, 4) is 0 Å². The summed E-state index contributed by atoms with van der Waals surface area (Å²) in [7, 11) is 0. The summed E-state index contributed by atoms with van der Waals surface area (Å²) in [6, 6.07) is 4.21. The van der Waals surface area contributed by atoms with Crippen LogP contribution in [0, 0.1) is 0 Å². The maximum atomic E-state index is 11.3. The van der Waals surface area contributed by atoms with E-state index in [1.165, 1.54) is 0 Å². The highest BCUT2D eigenvalue weighted by molar-refractivity contribution is 5.70. The summed E-state index contributed by atoms with van der Waals surface area (Å²) < 4.78 is 10.2. The largest absolute Gasteiger partial charge is 0.469 e. The molecular weight excluding hydrogens is 218 g/mol. The summed E-state index contributed by atoms with van der Waals surface area (Å²) in [5.41, 5.74) is 0. The predicted octanol–water partition coefficient (Wildman–Crippen LogP) is 2.14. The molecule has 4 heteroatoms. The van der Waals surface area contributed by atoms with Gasteiger partial charge in [0.05, 0.1) is 19.3 Å². The first-order chi connectivity index (χ1) is 8.11. The van der Waals surface area contributed by atoms with E-state index in [0.29, 0.717) is 13.0 Å². The van der Waals surface area contributed by atoms with E-state index >= 15 is 0 Å². The summed E-state index contributed by atoms with van der Waals surface area (Å²) >= 11 is 0. The number of rotatable bonds is 7. The zero-order chi connectivity index (χ0) is 12.7. The maximum Gasteiger partial charge on any atom is 0.307 e. The van der Waals surface area contributed by atoms with Crippen LogP contribution in [-0.2, 0) is 16.0 Å². The number of furan rings is 1. The zero-order valence-corrected chi connectivity index (χ0v) is 10.7. The summed E-state index contributed by atoms with van der Waals surface area (Å²) in [5.74, 6) is 0.797. The Labute approximate surface area is 102 Å². The van der Waals surface area contributed by atoms with Gasteiger partial charge < -0.3 is 14.5 Å². The van der Waals surface area contributed by atoms with Crippen molar-refractivity contribution in [2.45, 2.75) is 45.7 Å². The van der Waals surface area contributed by atoms with Gasteiger partial charge in [-0.05, 0) is 32.9 Å².